The van der Waals surface area contributed by atoms with Crippen LogP contribution in [0.25, 0.3) is 0 Å². The first kappa shape index (κ1) is 20.0. The van der Waals surface area contributed by atoms with Gasteiger partial charge >= 0.3 is 6.18 Å². The van der Waals surface area contributed by atoms with Gasteiger partial charge in [-0.3, -0.25) is 4.79 Å². The van der Waals surface area contributed by atoms with Crippen LogP contribution in [0.5, 0.6) is 5.75 Å². The number of hydrogen-bond donors (Lipinski definition) is 1. The monoisotopic (exact) mass is 384 g/mol. The highest BCUT2D eigenvalue weighted by Gasteiger charge is 2.42. The van der Waals surface area contributed by atoms with Crippen LogP contribution in [-0.4, -0.2) is 42.7 Å². The number of hydrogen-bond acceptors (Lipinski definition) is 3. The van der Waals surface area contributed by atoms with Gasteiger partial charge in [-0.2, -0.15) is 13.2 Å². The van der Waals surface area contributed by atoms with Crippen LogP contribution in [0.2, 0.25) is 0 Å². The number of ether oxygens (including phenoxy) is 1. The van der Waals surface area contributed by atoms with Gasteiger partial charge < -0.3 is 15.0 Å². The van der Waals surface area contributed by atoms with E-state index in [0.29, 0.717) is 18.7 Å². The molecule has 3 rings (SSSR count). The summed E-state index contributed by atoms with van der Waals surface area (Å²) in [5.74, 6) is -0.621. The Morgan fingerprint density at radius 2 is 1.89 bits per heavy atom. The zero-order valence-corrected chi connectivity index (χ0v) is 15.4. The first-order valence-electron chi connectivity index (χ1n) is 9.72. The molecule has 1 saturated carbocycles. The quantitative estimate of drug-likeness (QED) is 0.809. The highest BCUT2D eigenvalue weighted by molar-refractivity contribution is 5.78. The predicted molar refractivity (Wildman–Crippen MR) is 96.4 cm³/mol. The van der Waals surface area contributed by atoms with Gasteiger partial charge in [0.25, 0.3) is 5.91 Å². The summed E-state index contributed by atoms with van der Waals surface area (Å²) in [6.07, 6.45) is -0.357. The molecule has 27 heavy (non-hydrogen) atoms. The van der Waals surface area contributed by atoms with Crippen molar-refractivity contribution >= 4 is 5.91 Å². The molecular weight excluding hydrogens is 357 g/mol. The number of carbonyl (C=O) groups excluding carboxylic acids is 1. The molecule has 7 heteroatoms. The van der Waals surface area contributed by atoms with Gasteiger partial charge in [0, 0.05) is 31.2 Å². The molecule has 0 aromatic heterocycles. The summed E-state index contributed by atoms with van der Waals surface area (Å²) in [6.45, 7) is 2.00. The van der Waals surface area contributed by atoms with E-state index in [1.165, 1.54) is 0 Å². The molecule has 2 fully saturated rings. The van der Waals surface area contributed by atoms with Gasteiger partial charge in [0.2, 0.25) is 0 Å². The van der Waals surface area contributed by atoms with E-state index in [9.17, 15) is 18.0 Å². The third kappa shape index (κ3) is 5.61. The summed E-state index contributed by atoms with van der Waals surface area (Å²) in [6, 6.07) is 7.23. The number of para-hydroxylation sites is 1. The number of amides is 1. The van der Waals surface area contributed by atoms with Crippen molar-refractivity contribution in [3.05, 3.63) is 29.8 Å². The maximum Gasteiger partial charge on any atom is 0.391 e. The minimum Gasteiger partial charge on any atom is -0.483 e. The summed E-state index contributed by atoms with van der Waals surface area (Å²) in [5, 5.41) is 3.25. The van der Waals surface area contributed by atoms with Crippen LogP contribution in [-0.2, 0) is 11.3 Å². The zero-order valence-electron chi connectivity index (χ0n) is 15.4. The van der Waals surface area contributed by atoms with Crippen molar-refractivity contribution in [1.29, 1.82) is 0 Å². The van der Waals surface area contributed by atoms with E-state index in [4.69, 9.17) is 4.74 Å². The average molecular weight is 384 g/mol. The predicted octanol–water partition coefficient (Wildman–Crippen LogP) is 3.90. The number of halogens is 3. The lowest BCUT2D eigenvalue weighted by atomic mass is 9.85. The number of rotatable bonds is 6. The van der Waals surface area contributed by atoms with Crippen LogP contribution in [0.3, 0.4) is 0 Å². The smallest absolute Gasteiger partial charge is 0.391 e. The van der Waals surface area contributed by atoms with Gasteiger partial charge in [0.1, 0.15) is 5.75 Å². The van der Waals surface area contributed by atoms with Crippen molar-refractivity contribution < 1.29 is 22.7 Å². The molecule has 1 amide bonds. The molecule has 0 unspecified atom stereocenters. The van der Waals surface area contributed by atoms with Gasteiger partial charge in [0.15, 0.2) is 6.61 Å². The number of carbonyl (C=O) groups is 1. The van der Waals surface area contributed by atoms with Gasteiger partial charge in [0.05, 0.1) is 5.92 Å². The molecule has 1 heterocycles. The Morgan fingerprint density at radius 1 is 1.15 bits per heavy atom. The molecule has 1 aliphatic heterocycles. The van der Waals surface area contributed by atoms with Crippen molar-refractivity contribution in [2.75, 3.05) is 19.7 Å². The van der Waals surface area contributed by atoms with Crippen molar-refractivity contribution in [3.8, 4) is 5.75 Å². The first-order chi connectivity index (χ1) is 12.9. The molecule has 2 aliphatic rings. The van der Waals surface area contributed by atoms with Crippen LogP contribution in [0.1, 0.15) is 44.1 Å². The van der Waals surface area contributed by atoms with Gasteiger partial charge in [-0.05, 0) is 38.2 Å². The second-order valence-corrected chi connectivity index (χ2v) is 7.47. The fraction of sp³-hybridized carbons (Fsp3) is 0.650. The number of benzene rings is 1. The molecule has 0 spiro atoms. The van der Waals surface area contributed by atoms with Crippen LogP contribution < -0.4 is 10.1 Å². The van der Waals surface area contributed by atoms with E-state index >= 15 is 0 Å². The molecule has 1 aromatic carbocycles. The standard InChI is InChI=1S/C20H27F3N2O2/c21-20(22,23)16-7-5-8-17(12-16)24-13-15-6-1-2-9-18(15)27-14-19(26)25-10-3-4-11-25/h1-2,6,9,16-17,24H,3-5,7-8,10-14H2/t16-,17-/m0/s1. The minimum atomic E-state index is -4.11. The highest BCUT2D eigenvalue weighted by atomic mass is 19.4. The first-order valence-corrected chi connectivity index (χ1v) is 9.72. The maximum atomic E-state index is 13.0. The van der Waals surface area contributed by atoms with Gasteiger partial charge in [-0.1, -0.05) is 24.6 Å². The van der Waals surface area contributed by atoms with E-state index < -0.39 is 12.1 Å². The lowest BCUT2D eigenvalue weighted by Crippen LogP contribution is -2.38. The summed E-state index contributed by atoms with van der Waals surface area (Å²) in [5.41, 5.74) is 0.862. The Bertz CT molecular complexity index is 630. The lowest BCUT2D eigenvalue weighted by molar-refractivity contribution is -0.183. The largest absolute Gasteiger partial charge is 0.483 e. The summed E-state index contributed by atoms with van der Waals surface area (Å²) in [7, 11) is 0. The van der Waals surface area contributed by atoms with Crippen molar-refractivity contribution in [3.63, 3.8) is 0 Å². The average Bonchev–Trinajstić information content (AvgIpc) is 3.19. The molecule has 2 atom stereocenters. The van der Waals surface area contributed by atoms with Crippen molar-refractivity contribution in [2.24, 2.45) is 5.92 Å². The van der Waals surface area contributed by atoms with E-state index in [0.717, 1.165) is 37.9 Å². The topological polar surface area (TPSA) is 41.6 Å². The molecule has 1 aliphatic carbocycles. The maximum absolute atomic E-state index is 13.0. The SMILES string of the molecule is O=C(COc1ccccc1CN[C@H]1CCC[C@H](C(F)(F)F)C1)N1CCCC1. The lowest BCUT2D eigenvalue weighted by Gasteiger charge is -2.31. The van der Waals surface area contributed by atoms with Crippen molar-refractivity contribution in [2.45, 2.75) is 57.3 Å². The number of nitrogens with zero attached hydrogens (tertiary/aromatic N) is 1. The molecule has 150 valence electrons. The van der Waals surface area contributed by atoms with Crippen LogP contribution in [0, 0.1) is 5.92 Å². The van der Waals surface area contributed by atoms with E-state index in [1.54, 1.807) is 11.0 Å². The van der Waals surface area contributed by atoms with Crippen molar-refractivity contribution in [1.82, 2.24) is 10.2 Å². The molecule has 1 saturated heterocycles. The normalized spacial score (nSPS) is 23.4. The third-order valence-corrected chi connectivity index (χ3v) is 5.50. The fourth-order valence-corrected chi connectivity index (χ4v) is 3.91. The number of likely N-dealkylation sites (tertiary alicyclic amines) is 1. The Hall–Kier alpha value is -1.76. The highest BCUT2D eigenvalue weighted by Crippen LogP contribution is 2.37. The Morgan fingerprint density at radius 3 is 2.63 bits per heavy atom. The van der Waals surface area contributed by atoms with E-state index in [1.807, 2.05) is 18.2 Å². The molecule has 4 nitrogen and oxygen atoms in total. The molecule has 0 radical (unpaired) electrons. The van der Waals surface area contributed by atoms with Crippen LogP contribution in [0.15, 0.2) is 24.3 Å². The third-order valence-electron chi connectivity index (χ3n) is 5.50. The zero-order chi connectivity index (χ0) is 19.3. The van der Waals surface area contributed by atoms with E-state index in [-0.39, 0.29) is 31.4 Å². The van der Waals surface area contributed by atoms with E-state index in [2.05, 4.69) is 5.32 Å². The fourth-order valence-electron chi connectivity index (χ4n) is 3.91. The molecule has 1 aromatic rings. The minimum absolute atomic E-state index is 0.00338. The second kappa shape index (κ2) is 8.95. The molecule has 0 bridgehead atoms. The Labute approximate surface area is 158 Å². The second-order valence-electron chi connectivity index (χ2n) is 7.47. The van der Waals surface area contributed by atoms with Gasteiger partial charge in [-0.25, -0.2) is 0 Å². The summed E-state index contributed by atoms with van der Waals surface area (Å²) >= 11 is 0. The molecular formula is C20H27F3N2O2. The Kier molecular flexibility index (Phi) is 6.63. The van der Waals surface area contributed by atoms with Gasteiger partial charge in [-0.15, -0.1) is 0 Å². The van der Waals surface area contributed by atoms with Crippen LogP contribution in [0.4, 0.5) is 13.2 Å². The summed E-state index contributed by atoms with van der Waals surface area (Å²) in [4.78, 5) is 13.9. The number of nitrogens with one attached hydrogen (secondary N) is 1. The summed E-state index contributed by atoms with van der Waals surface area (Å²) < 4.78 is 44.6. The Balaban J connectivity index is 1.52. The number of alkyl halides is 3. The van der Waals surface area contributed by atoms with Crippen LogP contribution >= 0.6 is 0 Å². The molecule has 1 N–H and O–H groups in total.